The van der Waals surface area contributed by atoms with E-state index in [9.17, 15) is 14.4 Å². The van der Waals surface area contributed by atoms with E-state index >= 15 is 0 Å². The second-order valence-corrected chi connectivity index (χ2v) is 3.34. The highest BCUT2D eigenvalue weighted by Gasteiger charge is 2.11. The van der Waals surface area contributed by atoms with Gasteiger partial charge in [-0.25, -0.2) is 9.48 Å². The van der Waals surface area contributed by atoms with Crippen molar-refractivity contribution in [1.29, 1.82) is 0 Å². The standard InChI is InChI=1S/C9H13N5O4/c1-2-10-7(15)3-11-8(16)5-14-4-6(9(17)18)12-13-14/h4H,2-3,5H2,1H3,(H,10,15)(H,11,16)(H,17,18). The number of carbonyl (C=O) groups excluding carboxylic acids is 2. The van der Waals surface area contributed by atoms with Crippen molar-refractivity contribution in [3.63, 3.8) is 0 Å². The van der Waals surface area contributed by atoms with Gasteiger partial charge < -0.3 is 15.7 Å². The molecule has 0 radical (unpaired) electrons. The van der Waals surface area contributed by atoms with Gasteiger partial charge in [0.2, 0.25) is 11.8 Å². The average molecular weight is 255 g/mol. The number of amides is 2. The zero-order valence-electron chi connectivity index (χ0n) is 9.71. The predicted octanol–water partition coefficient (Wildman–Crippen LogP) is -1.77. The molecular weight excluding hydrogens is 242 g/mol. The Balaban J connectivity index is 2.39. The Morgan fingerprint density at radius 3 is 2.61 bits per heavy atom. The van der Waals surface area contributed by atoms with E-state index in [4.69, 9.17) is 5.11 Å². The molecule has 0 saturated heterocycles. The summed E-state index contributed by atoms with van der Waals surface area (Å²) in [5.74, 6) is -1.97. The van der Waals surface area contributed by atoms with Gasteiger partial charge in [0.05, 0.1) is 12.7 Å². The SMILES string of the molecule is CCNC(=O)CNC(=O)Cn1cc(C(=O)O)nn1. The number of nitrogens with zero attached hydrogens (tertiary/aromatic N) is 3. The molecule has 0 fully saturated rings. The molecule has 1 aromatic heterocycles. The topological polar surface area (TPSA) is 126 Å². The second kappa shape index (κ2) is 6.33. The Bertz CT molecular complexity index is 456. The Morgan fingerprint density at radius 2 is 2.06 bits per heavy atom. The maximum absolute atomic E-state index is 11.4. The number of aromatic nitrogens is 3. The van der Waals surface area contributed by atoms with Crippen molar-refractivity contribution >= 4 is 17.8 Å². The largest absolute Gasteiger partial charge is 0.476 e. The van der Waals surface area contributed by atoms with Crippen LogP contribution in [0.25, 0.3) is 0 Å². The Kier molecular flexibility index (Phi) is 4.78. The zero-order valence-corrected chi connectivity index (χ0v) is 9.71. The number of rotatable bonds is 6. The van der Waals surface area contributed by atoms with Crippen LogP contribution in [0.2, 0.25) is 0 Å². The van der Waals surface area contributed by atoms with Crippen molar-refractivity contribution in [1.82, 2.24) is 25.6 Å². The summed E-state index contributed by atoms with van der Waals surface area (Å²) in [4.78, 5) is 32.9. The van der Waals surface area contributed by atoms with E-state index in [1.165, 1.54) is 0 Å². The van der Waals surface area contributed by atoms with E-state index in [2.05, 4.69) is 20.9 Å². The Hall–Kier alpha value is -2.45. The number of likely N-dealkylation sites (N-methyl/N-ethyl adjacent to an activating group) is 1. The van der Waals surface area contributed by atoms with E-state index in [-0.39, 0.29) is 24.7 Å². The van der Waals surface area contributed by atoms with Crippen molar-refractivity contribution in [3.8, 4) is 0 Å². The molecule has 1 aromatic rings. The molecule has 0 bridgehead atoms. The molecule has 2 amide bonds. The maximum Gasteiger partial charge on any atom is 0.358 e. The molecule has 0 aliphatic heterocycles. The number of hydrogen-bond acceptors (Lipinski definition) is 5. The van der Waals surface area contributed by atoms with Crippen LogP contribution in [0.3, 0.4) is 0 Å². The molecule has 1 heterocycles. The molecule has 0 aliphatic rings. The van der Waals surface area contributed by atoms with Crippen LogP contribution in [0, 0.1) is 0 Å². The molecule has 9 heteroatoms. The van der Waals surface area contributed by atoms with Crippen LogP contribution >= 0.6 is 0 Å². The fraction of sp³-hybridized carbons (Fsp3) is 0.444. The summed E-state index contributed by atoms with van der Waals surface area (Å²) in [7, 11) is 0. The van der Waals surface area contributed by atoms with Gasteiger partial charge in [0, 0.05) is 6.54 Å². The van der Waals surface area contributed by atoms with Gasteiger partial charge in [-0.2, -0.15) is 0 Å². The number of nitrogens with one attached hydrogen (secondary N) is 2. The van der Waals surface area contributed by atoms with Gasteiger partial charge in [0.15, 0.2) is 5.69 Å². The quantitative estimate of drug-likeness (QED) is 0.552. The van der Waals surface area contributed by atoms with Crippen LogP contribution in [-0.4, -0.2) is 51.0 Å². The number of hydrogen-bond donors (Lipinski definition) is 3. The lowest BCUT2D eigenvalue weighted by atomic mass is 10.5. The minimum Gasteiger partial charge on any atom is -0.476 e. The molecule has 0 aromatic carbocycles. The van der Waals surface area contributed by atoms with E-state index in [0.717, 1.165) is 10.9 Å². The molecule has 3 N–H and O–H groups in total. The third-order valence-corrected chi connectivity index (χ3v) is 1.88. The second-order valence-electron chi connectivity index (χ2n) is 3.34. The summed E-state index contributed by atoms with van der Waals surface area (Å²) in [5.41, 5.74) is -0.244. The third-order valence-electron chi connectivity index (χ3n) is 1.88. The molecule has 0 spiro atoms. The van der Waals surface area contributed by atoms with Gasteiger partial charge >= 0.3 is 5.97 Å². The Labute approximate surface area is 102 Å². The van der Waals surface area contributed by atoms with Gasteiger partial charge in [-0.1, -0.05) is 5.21 Å². The highest BCUT2D eigenvalue weighted by Crippen LogP contribution is 1.92. The minimum absolute atomic E-state index is 0.132. The van der Waals surface area contributed by atoms with E-state index in [1.807, 2.05) is 0 Å². The molecule has 9 nitrogen and oxygen atoms in total. The fourth-order valence-electron chi connectivity index (χ4n) is 1.12. The Morgan fingerprint density at radius 1 is 1.33 bits per heavy atom. The minimum atomic E-state index is -1.22. The molecular formula is C9H13N5O4. The molecule has 1 rings (SSSR count). The summed E-state index contributed by atoms with van der Waals surface area (Å²) < 4.78 is 1.08. The maximum atomic E-state index is 11.4. The highest BCUT2D eigenvalue weighted by molar-refractivity contribution is 5.85. The van der Waals surface area contributed by atoms with Gasteiger partial charge in [-0.15, -0.1) is 5.10 Å². The smallest absolute Gasteiger partial charge is 0.358 e. The first-order valence-electron chi connectivity index (χ1n) is 5.19. The van der Waals surface area contributed by atoms with Crippen LogP contribution < -0.4 is 10.6 Å². The number of carbonyl (C=O) groups is 3. The van der Waals surface area contributed by atoms with Crippen molar-refractivity contribution in [3.05, 3.63) is 11.9 Å². The summed E-state index contributed by atoms with van der Waals surface area (Å²) in [6, 6.07) is 0. The summed E-state index contributed by atoms with van der Waals surface area (Å²) in [6.45, 7) is 1.93. The normalized spacial score (nSPS) is 9.83. The lowest BCUT2D eigenvalue weighted by Crippen LogP contribution is -2.38. The monoisotopic (exact) mass is 255 g/mol. The van der Waals surface area contributed by atoms with Gasteiger partial charge in [0.25, 0.3) is 0 Å². The van der Waals surface area contributed by atoms with Gasteiger partial charge in [0.1, 0.15) is 6.54 Å². The van der Waals surface area contributed by atoms with Crippen LogP contribution in [0.4, 0.5) is 0 Å². The van der Waals surface area contributed by atoms with Crippen LogP contribution in [0.15, 0.2) is 6.20 Å². The molecule has 0 atom stereocenters. The van der Waals surface area contributed by atoms with E-state index in [1.54, 1.807) is 6.92 Å². The molecule has 18 heavy (non-hydrogen) atoms. The van der Waals surface area contributed by atoms with Crippen molar-refractivity contribution in [2.75, 3.05) is 13.1 Å². The number of carboxylic acids is 1. The first-order chi connectivity index (χ1) is 8.52. The molecule has 0 saturated carbocycles. The van der Waals surface area contributed by atoms with Gasteiger partial charge in [-0.3, -0.25) is 9.59 Å². The highest BCUT2D eigenvalue weighted by atomic mass is 16.4. The number of carboxylic acid groups (broad SMARTS) is 1. The summed E-state index contributed by atoms with van der Waals surface area (Å²) in [6.07, 6.45) is 1.13. The van der Waals surface area contributed by atoms with Crippen LogP contribution in [0.5, 0.6) is 0 Å². The van der Waals surface area contributed by atoms with E-state index < -0.39 is 11.9 Å². The first-order valence-corrected chi connectivity index (χ1v) is 5.19. The fourth-order valence-corrected chi connectivity index (χ4v) is 1.12. The van der Waals surface area contributed by atoms with Crippen LogP contribution in [0.1, 0.15) is 17.4 Å². The molecule has 0 aliphatic carbocycles. The lowest BCUT2D eigenvalue weighted by molar-refractivity contribution is -0.126. The molecule has 0 unspecified atom stereocenters. The third kappa shape index (κ3) is 4.20. The zero-order chi connectivity index (χ0) is 13.5. The summed E-state index contributed by atoms with van der Waals surface area (Å²) in [5, 5.41) is 20.3. The number of aromatic carboxylic acids is 1. The first kappa shape index (κ1) is 13.6. The van der Waals surface area contributed by atoms with Crippen molar-refractivity contribution in [2.45, 2.75) is 13.5 Å². The van der Waals surface area contributed by atoms with Crippen LogP contribution in [-0.2, 0) is 16.1 Å². The average Bonchev–Trinajstić information content (AvgIpc) is 2.75. The van der Waals surface area contributed by atoms with E-state index in [0.29, 0.717) is 6.54 Å². The lowest BCUT2D eigenvalue weighted by Gasteiger charge is -2.04. The molecule has 98 valence electrons. The summed E-state index contributed by atoms with van der Waals surface area (Å²) >= 11 is 0. The van der Waals surface area contributed by atoms with Crippen molar-refractivity contribution in [2.24, 2.45) is 0 Å². The predicted molar refractivity (Wildman–Crippen MR) is 58.7 cm³/mol. The van der Waals surface area contributed by atoms with Gasteiger partial charge in [-0.05, 0) is 6.92 Å². The van der Waals surface area contributed by atoms with Crippen molar-refractivity contribution < 1.29 is 19.5 Å².